The van der Waals surface area contributed by atoms with Gasteiger partial charge in [-0.1, -0.05) is 30.3 Å². The number of rotatable bonds is 3. The average molecular weight is 255 g/mol. The van der Waals surface area contributed by atoms with Crippen molar-refractivity contribution in [2.45, 2.75) is 0 Å². The zero-order valence-electron chi connectivity index (χ0n) is 9.87. The summed E-state index contributed by atoms with van der Waals surface area (Å²) in [5.41, 5.74) is 1.09. The lowest BCUT2D eigenvalue weighted by Crippen LogP contribution is -1.96. The van der Waals surface area contributed by atoms with Crippen LogP contribution in [-0.2, 0) is 0 Å². The maximum Gasteiger partial charge on any atom is 0.137 e. The SMILES string of the molecule is c1ccc(Oc2ccccc2C2=NCCS2)cc1. The predicted molar refractivity (Wildman–Crippen MR) is 76.8 cm³/mol. The molecule has 0 saturated carbocycles. The van der Waals surface area contributed by atoms with E-state index in [4.69, 9.17) is 4.74 Å². The minimum absolute atomic E-state index is 0.855. The van der Waals surface area contributed by atoms with Gasteiger partial charge in [0.2, 0.25) is 0 Å². The fourth-order valence-electron chi connectivity index (χ4n) is 1.85. The second kappa shape index (κ2) is 5.27. The van der Waals surface area contributed by atoms with Gasteiger partial charge in [0.15, 0.2) is 0 Å². The molecule has 0 radical (unpaired) electrons. The molecule has 0 fully saturated rings. The van der Waals surface area contributed by atoms with Gasteiger partial charge in [-0.2, -0.15) is 0 Å². The molecule has 0 atom stereocenters. The summed E-state index contributed by atoms with van der Waals surface area (Å²) in [6.45, 7) is 0.902. The Morgan fingerprint density at radius 1 is 0.944 bits per heavy atom. The summed E-state index contributed by atoms with van der Waals surface area (Å²) in [5, 5.41) is 1.08. The Bertz CT molecular complexity index is 566. The van der Waals surface area contributed by atoms with Crippen LogP contribution < -0.4 is 4.74 Å². The quantitative estimate of drug-likeness (QED) is 0.827. The molecule has 0 saturated heterocycles. The van der Waals surface area contributed by atoms with E-state index >= 15 is 0 Å². The van der Waals surface area contributed by atoms with Crippen molar-refractivity contribution in [3.05, 3.63) is 60.2 Å². The van der Waals surface area contributed by atoms with E-state index in [-0.39, 0.29) is 0 Å². The van der Waals surface area contributed by atoms with E-state index in [1.807, 2.05) is 48.5 Å². The largest absolute Gasteiger partial charge is 0.457 e. The highest BCUT2D eigenvalue weighted by Gasteiger charge is 2.14. The first kappa shape index (κ1) is 11.4. The molecule has 2 nitrogen and oxygen atoms in total. The molecule has 0 aromatic heterocycles. The molecule has 0 bridgehead atoms. The van der Waals surface area contributed by atoms with Gasteiger partial charge in [0.25, 0.3) is 0 Å². The van der Waals surface area contributed by atoms with Gasteiger partial charge in [-0.3, -0.25) is 4.99 Å². The predicted octanol–water partition coefficient (Wildman–Crippen LogP) is 3.97. The fraction of sp³-hybridized carbons (Fsp3) is 0.133. The molecule has 1 heterocycles. The average Bonchev–Trinajstić information content (AvgIpc) is 2.94. The van der Waals surface area contributed by atoms with E-state index in [2.05, 4.69) is 11.1 Å². The summed E-state index contributed by atoms with van der Waals surface area (Å²) < 4.78 is 5.93. The third-order valence-corrected chi connectivity index (χ3v) is 3.68. The second-order valence-corrected chi connectivity index (χ2v) is 5.03. The van der Waals surface area contributed by atoms with Gasteiger partial charge in [-0.15, -0.1) is 11.8 Å². The summed E-state index contributed by atoms with van der Waals surface area (Å²) in [6.07, 6.45) is 0. The molecule has 0 aliphatic carbocycles. The molecular weight excluding hydrogens is 242 g/mol. The Balaban J connectivity index is 1.92. The molecule has 0 spiro atoms. The minimum Gasteiger partial charge on any atom is -0.457 e. The van der Waals surface area contributed by atoms with Gasteiger partial charge < -0.3 is 4.74 Å². The normalized spacial score (nSPS) is 14.3. The van der Waals surface area contributed by atoms with E-state index in [0.717, 1.165) is 34.4 Å². The summed E-state index contributed by atoms with van der Waals surface area (Å²) in [6, 6.07) is 17.9. The summed E-state index contributed by atoms with van der Waals surface area (Å²) >= 11 is 1.79. The van der Waals surface area contributed by atoms with Gasteiger partial charge in [0.05, 0.1) is 0 Å². The molecule has 2 aromatic rings. The van der Waals surface area contributed by atoms with Crippen molar-refractivity contribution in [1.82, 2.24) is 0 Å². The number of aliphatic imine (C=N–C) groups is 1. The van der Waals surface area contributed by atoms with E-state index in [1.165, 1.54) is 0 Å². The molecule has 1 aliphatic rings. The minimum atomic E-state index is 0.855. The molecule has 3 rings (SSSR count). The molecule has 2 aromatic carbocycles. The Labute approximate surface area is 111 Å². The smallest absolute Gasteiger partial charge is 0.137 e. The van der Waals surface area contributed by atoms with Crippen LogP contribution in [-0.4, -0.2) is 17.3 Å². The Hall–Kier alpha value is -1.74. The van der Waals surface area contributed by atoms with Crippen LogP contribution in [0.3, 0.4) is 0 Å². The lowest BCUT2D eigenvalue weighted by Gasteiger charge is -2.10. The molecule has 0 unspecified atom stereocenters. The van der Waals surface area contributed by atoms with Crippen molar-refractivity contribution in [2.75, 3.05) is 12.3 Å². The van der Waals surface area contributed by atoms with Gasteiger partial charge in [-0.05, 0) is 24.3 Å². The molecule has 1 aliphatic heterocycles. The number of hydrogen-bond acceptors (Lipinski definition) is 3. The third kappa shape index (κ3) is 2.41. The molecule has 0 N–H and O–H groups in total. The van der Waals surface area contributed by atoms with Crippen LogP contribution in [0.5, 0.6) is 11.5 Å². The Morgan fingerprint density at radius 3 is 2.50 bits per heavy atom. The number of thioether (sulfide) groups is 1. The molecular formula is C15H13NOS. The Morgan fingerprint density at radius 2 is 1.72 bits per heavy atom. The van der Waals surface area contributed by atoms with E-state index in [0.29, 0.717) is 0 Å². The highest BCUT2D eigenvalue weighted by Crippen LogP contribution is 2.30. The van der Waals surface area contributed by atoms with Crippen LogP contribution >= 0.6 is 11.8 Å². The number of hydrogen-bond donors (Lipinski definition) is 0. The number of ether oxygens (including phenoxy) is 1. The van der Waals surface area contributed by atoms with Crippen LogP contribution in [0.2, 0.25) is 0 Å². The van der Waals surface area contributed by atoms with Gasteiger partial charge in [0, 0.05) is 17.9 Å². The van der Waals surface area contributed by atoms with E-state index in [1.54, 1.807) is 11.8 Å². The number of para-hydroxylation sites is 2. The summed E-state index contributed by atoms with van der Waals surface area (Å²) in [7, 11) is 0. The fourth-order valence-corrected chi connectivity index (χ4v) is 2.73. The van der Waals surface area contributed by atoms with Crippen molar-refractivity contribution in [2.24, 2.45) is 4.99 Å². The first-order chi connectivity index (χ1) is 8.93. The maximum absolute atomic E-state index is 5.93. The first-order valence-electron chi connectivity index (χ1n) is 5.93. The van der Waals surface area contributed by atoms with Crippen LogP contribution in [0.4, 0.5) is 0 Å². The second-order valence-electron chi connectivity index (χ2n) is 3.95. The standard InChI is InChI=1S/C15H13NOS/c1-2-6-12(7-3-1)17-14-9-5-4-8-13(14)15-16-10-11-18-15/h1-9H,10-11H2. The lowest BCUT2D eigenvalue weighted by molar-refractivity contribution is 0.482. The monoisotopic (exact) mass is 255 g/mol. The molecule has 3 heteroatoms. The van der Waals surface area contributed by atoms with Crippen molar-refractivity contribution in [1.29, 1.82) is 0 Å². The highest BCUT2D eigenvalue weighted by molar-refractivity contribution is 8.14. The number of nitrogens with zero attached hydrogens (tertiary/aromatic N) is 1. The molecule has 0 amide bonds. The van der Waals surface area contributed by atoms with Gasteiger partial charge in [-0.25, -0.2) is 0 Å². The number of benzene rings is 2. The zero-order valence-corrected chi connectivity index (χ0v) is 10.7. The van der Waals surface area contributed by atoms with Crippen molar-refractivity contribution in [3.8, 4) is 11.5 Å². The van der Waals surface area contributed by atoms with E-state index < -0.39 is 0 Å². The topological polar surface area (TPSA) is 21.6 Å². The van der Waals surface area contributed by atoms with Crippen molar-refractivity contribution in [3.63, 3.8) is 0 Å². The van der Waals surface area contributed by atoms with Crippen molar-refractivity contribution >= 4 is 16.8 Å². The van der Waals surface area contributed by atoms with Crippen LogP contribution in [0.15, 0.2) is 59.6 Å². The van der Waals surface area contributed by atoms with E-state index in [9.17, 15) is 0 Å². The van der Waals surface area contributed by atoms with Crippen LogP contribution in [0, 0.1) is 0 Å². The zero-order chi connectivity index (χ0) is 12.2. The van der Waals surface area contributed by atoms with Crippen LogP contribution in [0.1, 0.15) is 5.56 Å². The highest BCUT2D eigenvalue weighted by atomic mass is 32.2. The molecule has 18 heavy (non-hydrogen) atoms. The van der Waals surface area contributed by atoms with Gasteiger partial charge >= 0.3 is 0 Å². The lowest BCUT2D eigenvalue weighted by atomic mass is 10.2. The summed E-state index contributed by atoms with van der Waals surface area (Å²) in [5.74, 6) is 2.79. The maximum atomic E-state index is 5.93. The molecule has 90 valence electrons. The summed E-state index contributed by atoms with van der Waals surface area (Å²) in [4.78, 5) is 4.51. The van der Waals surface area contributed by atoms with Crippen LogP contribution in [0.25, 0.3) is 0 Å². The Kier molecular flexibility index (Phi) is 3.33. The third-order valence-electron chi connectivity index (χ3n) is 2.67. The van der Waals surface area contributed by atoms with Gasteiger partial charge in [0.1, 0.15) is 16.5 Å². The van der Waals surface area contributed by atoms with Crippen molar-refractivity contribution < 1.29 is 4.74 Å². The first-order valence-corrected chi connectivity index (χ1v) is 6.91.